The third kappa shape index (κ3) is 1.82. The van der Waals surface area contributed by atoms with Crippen LogP contribution in [0.2, 0.25) is 10.0 Å². The first-order valence-electron chi connectivity index (χ1n) is 2.61. The number of thioether (sulfide) groups is 1. The molecule has 0 aromatic heterocycles. The van der Waals surface area contributed by atoms with Crippen molar-refractivity contribution in [1.82, 2.24) is 0 Å². The van der Waals surface area contributed by atoms with Crippen molar-refractivity contribution in [3.05, 3.63) is 34.5 Å². The number of halogens is 2. The highest BCUT2D eigenvalue weighted by Gasteiger charge is 1.96. The average molecular weight is 192 g/mol. The van der Waals surface area contributed by atoms with E-state index in [4.69, 9.17) is 23.2 Å². The Hall–Kier alpha value is 0.150. The summed E-state index contributed by atoms with van der Waals surface area (Å²) in [6.07, 6.45) is 3.64. The summed E-state index contributed by atoms with van der Waals surface area (Å²) in [5, 5.41) is 1.16. The van der Waals surface area contributed by atoms with Gasteiger partial charge in [-0.3, -0.25) is 0 Å². The lowest BCUT2D eigenvalue weighted by Gasteiger charge is -1.97. The Morgan fingerprint density at radius 3 is 2.40 bits per heavy atom. The molecule has 0 saturated heterocycles. The van der Waals surface area contributed by atoms with Crippen LogP contribution in [0, 0.1) is 6.26 Å². The van der Waals surface area contributed by atoms with E-state index in [1.807, 2.05) is 6.07 Å². The van der Waals surface area contributed by atoms with Crippen molar-refractivity contribution >= 4 is 35.0 Å². The molecule has 0 N–H and O–H groups in total. The third-order valence-corrected chi connectivity index (χ3v) is 2.38. The Bertz CT molecular complexity index is 235. The standard InChI is InChI=1S/C7H5Cl2S/c1-10-5-2-3-6(8)7(9)4-5/h2-4H,1H2. The van der Waals surface area contributed by atoms with Crippen molar-refractivity contribution in [3.63, 3.8) is 0 Å². The van der Waals surface area contributed by atoms with Gasteiger partial charge in [-0.2, -0.15) is 0 Å². The predicted molar refractivity (Wildman–Crippen MR) is 47.7 cm³/mol. The SMILES string of the molecule is [CH2]Sc1ccc(Cl)c(Cl)c1. The molecule has 3 heteroatoms. The summed E-state index contributed by atoms with van der Waals surface area (Å²) < 4.78 is 0. The van der Waals surface area contributed by atoms with Gasteiger partial charge in [0.05, 0.1) is 10.0 Å². The zero-order valence-corrected chi connectivity index (χ0v) is 7.43. The molecule has 0 amide bonds. The molecule has 0 nitrogen and oxygen atoms in total. The second kappa shape index (κ2) is 3.51. The van der Waals surface area contributed by atoms with E-state index in [9.17, 15) is 0 Å². The molecule has 0 aliphatic rings. The molecule has 1 aromatic carbocycles. The molecule has 0 unspecified atom stereocenters. The van der Waals surface area contributed by atoms with Crippen LogP contribution in [0.3, 0.4) is 0 Å². The summed E-state index contributed by atoms with van der Waals surface area (Å²) in [6, 6.07) is 5.44. The quantitative estimate of drug-likeness (QED) is 0.608. The average Bonchev–Trinajstić information content (AvgIpc) is 1.95. The minimum Gasteiger partial charge on any atom is -0.125 e. The molecule has 0 saturated carbocycles. The lowest BCUT2D eigenvalue weighted by atomic mass is 10.4. The van der Waals surface area contributed by atoms with E-state index in [-0.39, 0.29) is 0 Å². The highest BCUT2D eigenvalue weighted by molar-refractivity contribution is 8.00. The summed E-state index contributed by atoms with van der Waals surface area (Å²) >= 11 is 12.8. The van der Waals surface area contributed by atoms with E-state index in [1.165, 1.54) is 11.8 Å². The second-order valence-electron chi connectivity index (χ2n) is 1.72. The van der Waals surface area contributed by atoms with Crippen LogP contribution >= 0.6 is 35.0 Å². The van der Waals surface area contributed by atoms with Crippen LogP contribution in [0.15, 0.2) is 23.1 Å². The maximum absolute atomic E-state index is 5.72. The number of rotatable bonds is 1. The van der Waals surface area contributed by atoms with Crippen LogP contribution in [-0.2, 0) is 0 Å². The Morgan fingerprint density at radius 1 is 1.20 bits per heavy atom. The summed E-state index contributed by atoms with van der Waals surface area (Å²) in [4.78, 5) is 1.02. The van der Waals surface area contributed by atoms with E-state index in [2.05, 4.69) is 6.26 Å². The summed E-state index contributed by atoms with van der Waals surface area (Å²) in [7, 11) is 0. The van der Waals surface area contributed by atoms with Crippen molar-refractivity contribution in [3.8, 4) is 0 Å². The molecule has 0 heterocycles. The van der Waals surface area contributed by atoms with E-state index < -0.39 is 0 Å². The Labute approximate surface area is 74.5 Å². The molecular weight excluding hydrogens is 187 g/mol. The van der Waals surface area contributed by atoms with Gasteiger partial charge in [0, 0.05) is 11.2 Å². The number of benzene rings is 1. The molecule has 0 atom stereocenters. The first-order valence-corrected chi connectivity index (χ1v) is 4.35. The van der Waals surface area contributed by atoms with Crippen LogP contribution in [0.1, 0.15) is 0 Å². The molecule has 0 aliphatic carbocycles. The molecule has 0 aliphatic heterocycles. The highest BCUT2D eigenvalue weighted by Crippen LogP contribution is 2.26. The van der Waals surface area contributed by atoms with Gasteiger partial charge in [0.25, 0.3) is 0 Å². The zero-order chi connectivity index (χ0) is 7.56. The van der Waals surface area contributed by atoms with E-state index in [1.54, 1.807) is 12.1 Å². The Kier molecular flexibility index (Phi) is 2.90. The van der Waals surface area contributed by atoms with Crippen LogP contribution in [-0.4, -0.2) is 0 Å². The van der Waals surface area contributed by atoms with Gasteiger partial charge in [-0.25, -0.2) is 0 Å². The van der Waals surface area contributed by atoms with Gasteiger partial charge in [-0.05, 0) is 18.2 Å². The zero-order valence-electron chi connectivity index (χ0n) is 5.10. The number of hydrogen-bond donors (Lipinski definition) is 0. The molecular formula is C7H5Cl2S. The summed E-state index contributed by atoms with van der Waals surface area (Å²) in [5.74, 6) is 0. The lowest BCUT2D eigenvalue weighted by molar-refractivity contribution is 1.47. The van der Waals surface area contributed by atoms with E-state index >= 15 is 0 Å². The van der Waals surface area contributed by atoms with Gasteiger partial charge in [-0.15, -0.1) is 11.8 Å². The van der Waals surface area contributed by atoms with Crippen LogP contribution < -0.4 is 0 Å². The van der Waals surface area contributed by atoms with Gasteiger partial charge < -0.3 is 0 Å². The molecule has 0 bridgehead atoms. The van der Waals surface area contributed by atoms with Crippen LogP contribution in [0.4, 0.5) is 0 Å². The fourth-order valence-corrected chi connectivity index (χ4v) is 1.29. The second-order valence-corrected chi connectivity index (χ2v) is 3.29. The van der Waals surface area contributed by atoms with Crippen molar-refractivity contribution in [1.29, 1.82) is 0 Å². The number of hydrogen-bond acceptors (Lipinski definition) is 1. The molecule has 0 fully saturated rings. The first-order chi connectivity index (χ1) is 4.74. The Balaban J connectivity index is 3.04. The molecule has 1 rings (SSSR count). The monoisotopic (exact) mass is 191 g/mol. The first kappa shape index (κ1) is 8.25. The molecule has 10 heavy (non-hydrogen) atoms. The molecule has 0 spiro atoms. The van der Waals surface area contributed by atoms with Gasteiger partial charge >= 0.3 is 0 Å². The normalized spacial score (nSPS) is 9.90. The van der Waals surface area contributed by atoms with Crippen molar-refractivity contribution in [2.75, 3.05) is 0 Å². The van der Waals surface area contributed by atoms with Crippen LogP contribution in [0.5, 0.6) is 0 Å². The molecule has 1 aromatic rings. The topological polar surface area (TPSA) is 0 Å². The lowest BCUT2D eigenvalue weighted by Crippen LogP contribution is -1.69. The van der Waals surface area contributed by atoms with Crippen LogP contribution in [0.25, 0.3) is 0 Å². The van der Waals surface area contributed by atoms with Crippen molar-refractivity contribution in [2.45, 2.75) is 4.90 Å². The summed E-state index contributed by atoms with van der Waals surface area (Å²) in [5.41, 5.74) is 0. The Morgan fingerprint density at radius 2 is 1.90 bits per heavy atom. The molecule has 1 radical (unpaired) electrons. The minimum atomic E-state index is 0.579. The largest absolute Gasteiger partial charge is 0.125 e. The molecule has 53 valence electrons. The van der Waals surface area contributed by atoms with E-state index in [0.717, 1.165) is 4.90 Å². The van der Waals surface area contributed by atoms with Gasteiger partial charge in [-0.1, -0.05) is 23.2 Å². The highest BCUT2D eigenvalue weighted by atomic mass is 35.5. The van der Waals surface area contributed by atoms with Gasteiger partial charge in [0.15, 0.2) is 0 Å². The van der Waals surface area contributed by atoms with Gasteiger partial charge in [0.1, 0.15) is 0 Å². The maximum Gasteiger partial charge on any atom is 0.0603 e. The van der Waals surface area contributed by atoms with E-state index in [0.29, 0.717) is 10.0 Å². The van der Waals surface area contributed by atoms with Crippen molar-refractivity contribution in [2.24, 2.45) is 0 Å². The third-order valence-electron chi connectivity index (χ3n) is 1.06. The summed E-state index contributed by atoms with van der Waals surface area (Å²) in [6.45, 7) is 0. The fourth-order valence-electron chi connectivity index (χ4n) is 0.567. The maximum atomic E-state index is 5.72. The fraction of sp³-hybridized carbons (Fsp3) is 0. The smallest absolute Gasteiger partial charge is 0.0603 e. The van der Waals surface area contributed by atoms with Crippen molar-refractivity contribution < 1.29 is 0 Å². The van der Waals surface area contributed by atoms with Gasteiger partial charge in [0.2, 0.25) is 0 Å². The minimum absolute atomic E-state index is 0.579. The predicted octanol–water partition coefficient (Wildman–Crippen LogP) is 3.88.